The number of fused-ring (bicyclic) bond motifs is 1. The topological polar surface area (TPSA) is 54.0 Å². The number of aliphatic hydroxyl groups is 1. The molecular weight excluding hydrogens is 304 g/mol. The lowest BCUT2D eigenvalue weighted by atomic mass is 9.99. The zero-order valence-corrected chi connectivity index (χ0v) is 14.8. The second kappa shape index (κ2) is 8.19. The van der Waals surface area contributed by atoms with Gasteiger partial charge in [-0.1, -0.05) is 13.0 Å². The number of hydrogen-bond donors (Lipinski definition) is 2. The first-order chi connectivity index (χ1) is 11.6. The number of β-amino-alcohol motifs (C(OH)–C–C–N with tert-alkyl or cyclic N) is 1. The lowest BCUT2D eigenvalue weighted by Gasteiger charge is -2.32. The quantitative estimate of drug-likeness (QED) is 0.835. The Morgan fingerprint density at radius 1 is 1.21 bits per heavy atom. The van der Waals surface area contributed by atoms with Gasteiger partial charge in [0.2, 0.25) is 0 Å². The van der Waals surface area contributed by atoms with Crippen molar-refractivity contribution >= 4 is 0 Å². The van der Waals surface area contributed by atoms with Crippen molar-refractivity contribution in [1.29, 1.82) is 0 Å². The van der Waals surface area contributed by atoms with E-state index >= 15 is 0 Å². The molecule has 2 heterocycles. The highest BCUT2D eigenvalue weighted by molar-refractivity contribution is 5.44. The molecule has 1 saturated heterocycles. The number of aliphatic hydroxyl groups excluding tert-OH is 1. The van der Waals surface area contributed by atoms with E-state index < -0.39 is 0 Å². The molecule has 1 aromatic carbocycles. The number of piperidine rings is 1. The van der Waals surface area contributed by atoms with Crippen LogP contribution in [-0.2, 0) is 0 Å². The van der Waals surface area contributed by atoms with Crippen LogP contribution in [0.3, 0.4) is 0 Å². The van der Waals surface area contributed by atoms with E-state index in [-0.39, 0.29) is 12.1 Å². The Hall–Kier alpha value is -1.30. The van der Waals surface area contributed by atoms with Gasteiger partial charge in [-0.05, 0) is 56.5 Å². The van der Waals surface area contributed by atoms with Crippen LogP contribution in [0.25, 0.3) is 0 Å². The molecule has 2 N–H and O–H groups in total. The molecule has 2 atom stereocenters. The molecule has 0 bridgehead atoms. The summed E-state index contributed by atoms with van der Waals surface area (Å²) in [6.07, 6.45) is 2.15. The summed E-state index contributed by atoms with van der Waals surface area (Å²) in [7, 11) is 0. The summed E-state index contributed by atoms with van der Waals surface area (Å²) >= 11 is 0. The van der Waals surface area contributed by atoms with Gasteiger partial charge in [0.15, 0.2) is 11.5 Å². The smallest absolute Gasteiger partial charge is 0.161 e. The summed E-state index contributed by atoms with van der Waals surface area (Å²) in [5.74, 6) is 2.46. The van der Waals surface area contributed by atoms with E-state index in [0.29, 0.717) is 19.8 Å². The molecule has 5 nitrogen and oxygen atoms in total. The van der Waals surface area contributed by atoms with E-state index in [0.717, 1.165) is 42.6 Å². The Morgan fingerprint density at radius 2 is 1.92 bits per heavy atom. The predicted molar refractivity (Wildman–Crippen MR) is 94.7 cm³/mol. The van der Waals surface area contributed by atoms with Crippen molar-refractivity contribution in [3.63, 3.8) is 0 Å². The largest absolute Gasteiger partial charge is 0.486 e. The SMILES string of the molecule is CC1CCN(CC(O)CNC(C)c2ccc3c(c2)OCCO3)CC1. The molecular formula is C19H30N2O3. The average Bonchev–Trinajstić information content (AvgIpc) is 2.61. The first-order valence-electron chi connectivity index (χ1n) is 9.15. The maximum atomic E-state index is 10.3. The molecule has 1 fully saturated rings. The van der Waals surface area contributed by atoms with Crippen molar-refractivity contribution in [2.24, 2.45) is 5.92 Å². The number of nitrogens with one attached hydrogen (secondary N) is 1. The minimum atomic E-state index is -0.335. The fraction of sp³-hybridized carbons (Fsp3) is 0.684. The molecule has 0 saturated carbocycles. The van der Waals surface area contributed by atoms with E-state index in [2.05, 4.69) is 30.1 Å². The molecule has 2 unspecified atom stereocenters. The maximum absolute atomic E-state index is 10.3. The molecule has 3 rings (SSSR count). The van der Waals surface area contributed by atoms with Crippen LogP contribution in [-0.4, -0.2) is 55.5 Å². The van der Waals surface area contributed by atoms with Crippen LogP contribution >= 0.6 is 0 Å². The highest BCUT2D eigenvalue weighted by atomic mass is 16.6. The van der Waals surface area contributed by atoms with E-state index in [9.17, 15) is 5.11 Å². The summed E-state index contributed by atoms with van der Waals surface area (Å²) in [5.41, 5.74) is 1.15. The summed E-state index contributed by atoms with van der Waals surface area (Å²) in [6.45, 7) is 9.21. The van der Waals surface area contributed by atoms with Crippen LogP contribution in [0.4, 0.5) is 0 Å². The van der Waals surface area contributed by atoms with E-state index in [4.69, 9.17) is 9.47 Å². The predicted octanol–water partition coefficient (Wildman–Crippen LogP) is 2.20. The van der Waals surface area contributed by atoms with Crippen molar-refractivity contribution < 1.29 is 14.6 Å². The minimum Gasteiger partial charge on any atom is -0.486 e. The Morgan fingerprint density at radius 3 is 2.67 bits per heavy atom. The van der Waals surface area contributed by atoms with Gasteiger partial charge in [-0.3, -0.25) is 0 Å². The van der Waals surface area contributed by atoms with Gasteiger partial charge >= 0.3 is 0 Å². The van der Waals surface area contributed by atoms with Gasteiger partial charge < -0.3 is 24.8 Å². The van der Waals surface area contributed by atoms with Gasteiger partial charge in [0, 0.05) is 19.1 Å². The van der Waals surface area contributed by atoms with Gasteiger partial charge in [0.1, 0.15) is 13.2 Å². The maximum Gasteiger partial charge on any atom is 0.161 e. The van der Waals surface area contributed by atoms with Crippen LogP contribution < -0.4 is 14.8 Å². The summed E-state index contributed by atoms with van der Waals surface area (Å²) in [6, 6.07) is 6.22. The Bertz CT molecular complexity index is 529. The standard InChI is InChI=1S/C19H30N2O3/c1-14-5-7-21(8-6-14)13-17(22)12-20-15(2)16-3-4-18-19(11-16)24-10-9-23-18/h3-4,11,14-15,17,20,22H,5-10,12-13H2,1-2H3. The molecule has 5 heteroatoms. The number of hydrogen-bond acceptors (Lipinski definition) is 5. The third-order valence-electron chi connectivity index (χ3n) is 5.07. The summed E-state index contributed by atoms with van der Waals surface area (Å²) in [4.78, 5) is 2.38. The zero-order chi connectivity index (χ0) is 16.9. The second-order valence-corrected chi connectivity index (χ2v) is 7.17. The highest BCUT2D eigenvalue weighted by Crippen LogP contribution is 2.32. The number of nitrogens with zero attached hydrogens (tertiary/aromatic N) is 1. The Balaban J connectivity index is 1.45. The monoisotopic (exact) mass is 334 g/mol. The fourth-order valence-corrected chi connectivity index (χ4v) is 3.37. The van der Waals surface area contributed by atoms with Crippen molar-refractivity contribution in [3.05, 3.63) is 23.8 Å². The molecule has 0 radical (unpaired) electrons. The number of ether oxygens (including phenoxy) is 2. The van der Waals surface area contributed by atoms with Gasteiger partial charge in [0.25, 0.3) is 0 Å². The van der Waals surface area contributed by atoms with Crippen LogP contribution in [0, 0.1) is 5.92 Å². The van der Waals surface area contributed by atoms with Gasteiger partial charge in [0.05, 0.1) is 6.10 Å². The second-order valence-electron chi connectivity index (χ2n) is 7.17. The van der Waals surface area contributed by atoms with Crippen molar-refractivity contribution in [2.45, 2.75) is 38.8 Å². The average molecular weight is 334 g/mol. The Labute approximate surface area is 144 Å². The van der Waals surface area contributed by atoms with Crippen molar-refractivity contribution in [3.8, 4) is 11.5 Å². The molecule has 2 aliphatic heterocycles. The summed E-state index contributed by atoms with van der Waals surface area (Å²) < 4.78 is 11.2. The Kier molecular flexibility index (Phi) is 5.98. The van der Waals surface area contributed by atoms with Gasteiger partial charge in [-0.2, -0.15) is 0 Å². The van der Waals surface area contributed by atoms with E-state index in [1.54, 1.807) is 0 Å². The normalized spacial score (nSPS) is 21.5. The first kappa shape index (κ1) is 17.5. The van der Waals surface area contributed by atoms with Crippen LogP contribution in [0.1, 0.15) is 38.3 Å². The van der Waals surface area contributed by atoms with Crippen LogP contribution in [0.2, 0.25) is 0 Å². The van der Waals surface area contributed by atoms with Crippen LogP contribution in [0.15, 0.2) is 18.2 Å². The number of benzene rings is 1. The van der Waals surface area contributed by atoms with Gasteiger partial charge in [-0.25, -0.2) is 0 Å². The van der Waals surface area contributed by atoms with Crippen molar-refractivity contribution in [2.75, 3.05) is 39.4 Å². The fourth-order valence-electron chi connectivity index (χ4n) is 3.37. The lowest BCUT2D eigenvalue weighted by Crippen LogP contribution is -2.42. The molecule has 0 amide bonds. The molecule has 24 heavy (non-hydrogen) atoms. The molecule has 0 aromatic heterocycles. The molecule has 1 aromatic rings. The first-order valence-corrected chi connectivity index (χ1v) is 9.15. The van der Waals surface area contributed by atoms with Gasteiger partial charge in [-0.15, -0.1) is 0 Å². The van der Waals surface area contributed by atoms with Crippen LogP contribution in [0.5, 0.6) is 11.5 Å². The molecule has 134 valence electrons. The molecule has 0 spiro atoms. The van der Waals surface area contributed by atoms with Crippen molar-refractivity contribution in [1.82, 2.24) is 10.2 Å². The number of rotatable bonds is 6. The molecule has 2 aliphatic rings. The minimum absolute atomic E-state index is 0.164. The van der Waals surface area contributed by atoms with E-state index in [1.807, 2.05) is 12.1 Å². The zero-order valence-electron chi connectivity index (χ0n) is 14.8. The van der Waals surface area contributed by atoms with E-state index in [1.165, 1.54) is 12.8 Å². The highest BCUT2D eigenvalue weighted by Gasteiger charge is 2.19. The number of likely N-dealkylation sites (tertiary alicyclic amines) is 1. The lowest BCUT2D eigenvalue weighted by molar-refractivity contribution is 0.0892. The molecule has 0 aliphatic carbocycles. The third kappa shape index (κ3) is 4.62. The summed E-state index contributed by atoms with van der Waals surface area (Å²) in [5, 5.41) is 13.7. The third-order valence-corrected chi connectivity index (χ3v) is 5.07.